The molecule has 0 aliphatic heterocycles. The smallest absolute Gasteiger partial charge is 0.272 e. The number of likely N-dealkylation sites (N-methyl/N-ethyl adjacent to an activating group) is 1. The van der Waals surface area contributed by atoms with Crippen molar-refractivity contribution in [3.05, 3.63) is 60.2 Å². The van der Waals surface area contributed by atoms with Gasteiger partial charge in [0, 0.05) is 38.0 Å². The molecule has 9 nitrogen and oxygen atoms in total. The fourth-order valence-electron chi connectivity index (χ4n) is 2.66. The summed E-state index contributed by atoms with van der Waals surface area (Å²) in [6, 6.07) is 10.8. The summed E-state index contributed by atoms with van der Waals surface area (Å²) in [5.74, 6) is 0.724. The molecule has 0 spiro atoms. The maximum atomic E-state index is 12.7. The number of rotatable bonds is 5. The van der Waals surface area contributed by atoms with Crippen LogP contribution in [0, 0.1) is 0 Å². The molecule has 0 radical (unpaired) electrons. The van der Waals surface area contributed by atoms with Crippen molar-refractivity contribution in [1.29, 1.82) is 0 Å². The molecule has 0 unspecified atom stereocenters. The minimum absolute atomic E-state index is 0.0827. The van der Waals surface area contributed by atoms with Crippen LogP contribution in [0.3, 0.4) is 0 Å². The van der Waals surface area contributed by atoms with Crippen LogP contribution in [-0.4, -0.2) is 49.0 Å². The summed E-state index contributed by atoms with van der Waals surface area (Å²) >= 11 is 0. The summed E-state index contributed by atoms with van der Waals surface area (Å²) in [6.07, 6.45) is 3.91. The third-order valence-corrected chi connectivity index (χ3v) is 4.09. The van der Waals surface area contributed by atoms with E-state index in [0.29, 0.717) is 30.2 Å². The van der Waals surface area contributed by atoms with Gasteiger partial charge in [-0.25, -0.2) is 9.97 Å². The van der Waals surface area contributed by atoms with E-state index in [1.54, 1.807) is 36.3 Å². The van der Waals surface area contributed by atoms with Gasteiger partial charge in [-0.2, -0.15) is 4.52 Å². The maximum absolute atomic E-state index is 12.7. The molecule has 4 aromatic rings. The van der Waals surface area contributed by atoms with Gasteiger partial charge in [-0.1, -0.05) is 6.07 Å². The molecule has 0 atom stereocenters. The zero-order valence-electron chi connectivity index (χ0n) is 14.6. The highest BCUT2D eigenvalue weighted by Gasteiger charge is 2.18. The van der Waals surface area contributed by atoms with Crippen molar-refractivity contribution in [2.45, 2.75) is 6.42 Å². The number of hydrogen-bond acceptors (Lipinski definition) is 7. The number of furan rings is 1. The minimum atomic E-state index is -0.248. The largest absolute Gasteiger partial charge is 0.461 e. The number of nitrogens with zero attached hydrogens (tertiary/aromatic N) is 6. The summed E-state index contributed by atoms with van der Waals surface area (Å²) < 4.78 is 6.68. The van der Waals surface area contributed by atoms with E-state index in [1.807, 2.05) is 18.2 Å². The SMILES string of the molecule is CN(CCc1ccccn1)C(=O)c1cc2nc(-c3ccco3)nn2c(N)n1. The molecule has 1 amide bonds. The van der Waals surface area contributed by atoms with Crippen LogP contribution in [0.2, 0.25) is 0 Å². The molecule has 4 aromatic heterocycles. The van der Waals surface area contributed by atoms with Crippen molar-refractivity contribution in [2.75, 3.05) is 19.3 Å². The molecular formula is C18H17N7O2. The van der Waals surface area contributed by atoms with Gasteiger partial charge < -0.3 is 15.1 Å². The molecule has 4 heterocycles. The van der Waals surface area contributed by atoms with Crippen LogP contribution in [0.25, 0.3) is 17.2 Å². The second-order valence-corrected chi connectivity index (χ2v) is 5.98. The van der Waals surface area contributed by atoms with Gasteiger partial charge in [-0.15, -0.1) is 5.10 Å². The van der Waals surface area contributed by atoms with Gasteiger partial charge in [0.1, 0.15) is 5.69 Å². The van der Waals surface area contributed by atoms with Gasteiger partial charge in [0.15, 0.2) is 11.4 Å². The molecule has 0 aliphatic carbocycles. The lowest BCUT2D eigenvalue weighted by Crippen LogP contribution is -2.30. The van der Waals surface area contributed by atoms with Crippen molar-refractivity contribution in [3.63, 3.8) is 0 Å². The minimum Gasteiger partial charge on any atom is -0.461 e. The van der Waals surface area contributed by atoms with Gasteiger partial charge in [0.25, 0.3) is 5.91 Å². The first-order valence-electron chi connectivity index (χ1n) is 8.34. The Morgan fingerprint density at radius 3 is 2.89 bits per heavy atom. The molecule has 0 aromatic carbocycles. The lowest BCUT2D eigenvalue weighted by atomic mass is 10.2. The maximum Gasteiger partial charge on any atom is 0.272 e. The Morgan fingerprint density at radius 1 is 1.26 bits per heavy atom. The van der Waals surface area contributed by atoms with E-state index >= 15 is 0 Å². The summed E-state index contributed by atoms with van der Waals surface area (Å²) in [5.41, 5.74) is 7.52. The van der Waals surface area contributed by atoms with Crippen LogP contribution in [0.15, 0.2) is 53.3 Å². The number of nitrogen functional groups attached to an aromatic ring is 1. The topological polar surface area (TPSA) is 115 Å². The van der Waals surface area contributed by atoms with E-state index in [4.69, 9.17) is 10.2 Å². The zero-order valence-corrected chi connectivity index (χ0v) is 14.6. The lowest BCUT2D eigenvalue weighted by Gasteiger charge is -2.16. The van der Waals surface area contributed by atoms with Gasteiger partial charge in [-0.05, 0) is 24.3 Å². The number of amides is 1. The standard InChI is InChI=1S/C18H17N7O2/c1-24(9-7-12-5-2-3-8-20-12)17(26)13-11-15-22-16(14-6-4-10-27-14)23-25(15)18(19)21-13/h2-6,8,10-11H,7,9H2,1H3,(H2,19,21). The number of aromatic nitrogens is 5. The fraction of sp³-hybridized carbons (Fsp3) is 0.167. The van der Waals surface area contributed by atoms with Crippen molar-refractivity contribution in [3.8, 4) is 11.6 Å². The summed E-state index contributed by atoms with van der Waals surface area (Å²) in [5, 5.41) is 4.27. The third kappa shape index (κ3) is 3.34. The molecule has 0 fully saturated rings. The average Bonchev–Trinajstić information content (AvgIpc) is 3.35. The van der Waals surface area contributed by atoms with Crippen LogP contribution >= 0.6 is 0 Å². The number of hydrogen-bond donors (Lipinski definition) is 1. The molecule has 4 rings (SSSR count). The number of anilines is 1. The van der Waals surface area contributed by atoms with Gasteiger partial charge in [0.05, 0.1) is 6.26 Å². The molecule has 0 aliphatic rings. The van der Waals surface area contributed by atoms with Crippen LogP contribution in [0.5, 0.6) is 0 Å². The van der Waals surface area contributed by atoms with Crippen molar-refractivity contribution < 1.29 is 9.21 Å². The Morgan fingerprint density at radius 2 is 2.15 bits per heavy atom. The predicted octanol–water partition coefficient (Wildman–Crippen LogP) is 1.68. The second kappa shape index (κ2) is 6.87. The highest BCUT2D eigenvalue weighted by atomic mass is 16.3. The fourth-order valence-corrected chi connectivity index (χ4v) is 2.66. The monoisotopic (exact) mass is 363 g/mol. The first-order valence-corrected chi connectivity index (χ1v) is 8.34. The molecule has 27 heavy (non-hydrogen) atoms. The lowest BCUT2D eigenvalue weighted by molar-refractivity contribution is 0.0790. The van der Waals surface area contributed by atoms with Crippen molar-refractivity contribution >= 4 is 17.5 Å². The van der Waals surface area contributed by atoms with Gasteiger partial charge in [-0.3, -0.25) is 9.78 Å². The number of carbonyl (C=O) groups is 1. The van der Waals surface area contributed by atoms with Gasteiger partial charge >= 0.3 is 0 Å². The predicted molar refractivity (Wildman–Crippen MR) is 97.8 cm³/mol. The highest BCUT2D eigenvalue weighted by Crippen LogP contribution is 2.18. The van der Waals surface area contributed by atoms with Gasteiger partial charge in [0.2, 0.25) is 11.8 Å². The Hall–Kier alpha value is -3.75. The molecule has 136 valence electrons. The number of fused-ring (bicyclic) bond motifs is 1. The highest BCUT2D eigenvalue weighted by molar-refractivity contribution is 5.93. The van der Waals surface area contributed by atoms with Crippen LogP contribution < -0.4 is 5.73 Å². The number of pyridine rings is 1. The van der Waals surface area contributed by atoms with E-state index in [2.05, 4.69) is 20.1 Å². The van der Waals surface area contributed by atoms with Crippen molar-refractivity contribution in [1.82, 2.24) is 29.5 Å². The summed E-state index contributed by atoms with van der Waals surface area (Å²) in [4.78, 5) is 27.1. The second-order valence-electron chi connectivity index (χ2n) is 5.98. The quantitative estimate of drug-likeness (QED) is 0.573. The Kier molecular flexibility index (Phi) is 4.25. The molecule has 0 saturated carbocycles. The molecule has 2 N–H and O–H groups in total. The number of nitrogens with two attached hydrogens (primary N) is 1. The molecule has 9 heteroatoms. The zero-order chi connectivity index (χ0) is 18.8. The van der Waals surface area contributed by atoms with Crippen molar-refractivity contribution in [2.24, 2.45) is 0 Å². The summed E-state index contributed by atoms with van der Waals surface area (Å²) in [6.45, 7) is 0.507. The molecule has 0 bridgehead atoms. The third-order valence-electron chi connectivity index (χ3n) is 4.09. The van der Waals surface area contributed by atoms with Crippen LogP contribution in [0.1, 0.15) is 16.2 Å². The summed E-state index contributed by atoms with van der Waals surface area (Å²) in [7, 11) is 1.71. The van der Waals surface area contributed by atoms with E-state index < -0.39 is 0 Å². The Labute approximate surface area is 154 Å². The normalized spacial score (nSPS) is 11.0. The Bertz CT molecular complexity index is 1070. The first-order chi connectivity index (χ1) is 13.1. The van der Waals surface area contributed by atoms with Crippen LogP contribution in [0.4, 0.5) is 5.95 Å². The van der Waals surface area contributed by atoms with E-state index in [0.717, 1.165) is 5.69 Å². The number of carbonyl (C=O) groups excluding carboxylic acids is 1. The Balaban J connectivity index is 1.56. The molecular weight excluding hydrogens is 346 g/mol. The molecule has 0 saturated heterocycles. The van der Waals surface area contributed by atoms with E-state index in [1.165, 1.54) is 10.8 Å². The van der Waals surface area contributed by atoms with E-state index in [9.17, 15) is 4.79 Å². The first kappa shape index (κ1) is 16.7. The average molecular weight is 363 g/mol. The van der Waals surface area contributed by atoms with Crippen LogP contribution in [-0.2, 0) is 6.42 Å². The van der Waals surface area contributed by atoms with E-state index in [-0.39, 0.29) is 17.5 Å².